The van der Waals surface area contributed by atoms with E-state index < -0.39 is 12.0 Å². The molecule has 3 aromatic rings. The first-order valence-electron chi connectivity index (χ1n) is 10.4. The number of hydrogen-bond acceptors (Lipinski definition) is 6. The van der Waals surface area contributed by atoms with Crippen LogP contribution in [0.2, 0.25) is 0 Å². The second kappa shape index (κ2) is 10.8. The molecule has 9 heteroatoms. The maximum Gasteiger partial charge on any atom is 0.404 e. The molecule has 3 rings (SSSR count). The number of carbonyl (C=O) groups excluding carboxylic acids is 1. The Morgan fingerprint density at radius 3 is 2.12 bits per heavy atom. The molecule has 33 heavy (non-hydrogen) atoms. The number of aromatic nitrogens is 1. The van der Waals surface area contributed by atoms with E-state index in [0.717, 1.165) is 16.9 Å². The third-order valence-electron chi connectivity index (χ3n) is 5.18. The minimum absolute atomic E-state index is 0.228. The van der Waals surface area contributed by atoms with E-state index in [4.69, 9.17) is 20.3 Å². The molecule has 0 fully saturated rings. The third-order valence-corrected chi connectivity index (χ3v) is 6.01. The topological polar surface area (TPSA) is 124 Å². The average molecular weight is 470 g/mol. The smallest absolute Gasteiger partial charge is 0.404 e. The second-order valence-electron chi connectivity index (χ2n) is 7.89. The summed E-state index contributed by atoms with van der Waals surface area (Å²) < 4.78 is 11.5. The van der Waals surface area contributed by atoms with Gasteiger partial charge in [-0.2, -0.15) is 0 Å². The van der Waals surface area contributed by atoms with Crippen molar-refractivity contribution in [2.45, 2.75) is 32.3 Å². The molecule has 0 radical (unpaired) electrons. The van der Waals surface area contributed by atoms with E-state index in [-0.39, 0.29) is 17.7 Å². The van der Waals surface area contributed by atoms with Crippen LogP contribution < -0.4 is 20.5 Å². The molecule has 1 heterocycles. The van der Waals surface area contributed by atoms with Crippen molar-refractivity contribution in [2.24, 2.45) is 5.73 Å². The van der Waals surface area contributed by atoms with Crippen molar-refractivity contribution in [3.63, 3.8) is 0 Å². The molecule has 4 N–H and O–H groups in total. The van der Waals surface area contributed by atoms with Crippen molar-refractivity contribution in [3.8, 4) is 11.5 Å². The lowest BCUT2D eigenvalue weighted by Crippen LogP contribution is -2.23. The van der Waals surface area contributed by atoms with Crippen LogP contribution in [0.25, 0.3) is 0 Å². The molecule has 2 aromatic carbocycles. The first-order valence-corrected chi connectivity index (χ1v) is 11.3. The molecule has 2 amide bonds. The number of amides is 2. The van der Waals surface area contributed by atoms with Gasteiger partial charge in [0.1, 0.15) is 28.8 Å². The van der Waals surface area contributed by atoms with E-state index in [2.05, 4.69) is 24.1 Å². The van der Waals surface area contributed by atoms with Crippen molar-refractivity contribution in [3.05, 3.63) is 75.7 Å². The molecule has 0 saturated heterocycles. The number of rotatable bonds is 11. The SMILES string of the molecule is CC(C)(c1ccc(OCCCNC(=O)O)cc1)c1ccc(OCc2nc(C(N)=O)cs2)cc1. The van der Waals surface area contributed by atoms with E-state index in [9.17, 15) is 9.59 Å². The molecule has 0 saturated carbocycles. The van der Waals surface area contributed by atoms with E-state index in [0.29, 0.717) is 30.3 Å². The predicted molar refractivity (Wildman–Crippen MR) is 126 cm³/mol. The highest BCUT2D eigenvalue weighted by Crippen LogP contribution is 2.33. The minimum Gasteiger partial charge on any atom is -0.494 e. The Morgan fingerprint density at radius 1 is 1.03 bits per heavy atom. The number of primary amides is 1. The molecule has 0 atom stereocenters. The molecule has 174 valence electrons. The van der Waals surface area contributed by atoms with Crippen LogP contribution in [-0.2, 0) is 12.0 Å². The first kappa shape index (κ1) is 24.1. The summed E-state index contributed by atoms with van der Waals surface area (Å²) in [5.74, 6) is 0.915. The Morgan fingerprint density at radius 2 is 1.61 bits per heavy atom. The molecule has 1 aromatic heterocycles. The third kappa shape index (κ3) is 6.69. The second-order valence-corrected chi connectivity index (χ2v) is 8.83. The van der Waals surface area contributed by atoms with Gasteiger partial charge in [-0.15, -0.1) is 11.3 Å². The predicted octanol–water partition coefficient (Wildman–Crippen LogP) is 4.18. The summed E-state index contributed by atoms with van der Waals surface area (Å²) in [6.07, 6.45) is -0.428. The van der Waals surface area contributed by atoms with E-state index in [1.807, 2.05) is 48.5 Å². The lowest BCUT2D eigenvalue weighted by Gasteiger charge is -2.26. The van der Waals surface area contributed by atoms with Crippen LogP contribution in [0, 0.1) is 0 Å². The summed E-state index contributed by atoms with van der Waals surface area (Å²) in [7, 11) is 0. The Bertz CT molecular complexity index is 1080. The van der Waals surface area contributed by atoms with Gasteiger partial charge in [-0.3, -0.25) is 4.79 Å². The Hall–Kier alpha value is -3.59. The van der Waals surface area contributed by atoms with Gasteiger partial charge in [-0.05, 0) is 41.8 Å². The molecule has 8 nitrogen and oxygen atoms in total. The Balaban J connectivity index is 1.55. The maximum absolute atomic E-state index is 11.1. The highest BCUT2D eigenvalue weighted by molar-refractivity contribution is 7.09. The van der Waals surface area contributed by atoms with Crippen LogP contribution in [0.4, 0.5) is 4.79 Å². The minimum atomic E-state index is -1.03. The largest absolute Gasteiger partial charge is 0.494 e. The monoisotopic (exact) mass is 469 g/mol. The number of benzene rings is 2. The Labute approximate surface area is 196 Å². The number of thiazole rings is 1. The summed E-state index contributed by atoms with van der Waals surface area (Å²) in [4.78, 5) is 25.7. The van der Waals surface area contributed by atoms with Gasteiger partial charge >= 0.3 is 6.09 Å². The number of carbonyl (C=O) groups is 2. The van der Waals surface area contributed by atoms with E-state index in [1.54, 1.807) is 5.38 Å². The van der Waals surface area contributed by atoms with E-state index >= 15 is 0 Å². The van der Waals surface area contributed by atoms with Gasteiger partial charge in [0.25, 0.3) is 5.91 Å². The van der Waals surface area contributed by atoms with Crippen LogP contribution in [0.1, 0.15) is 46.9 Å². The fourth-order valence-corrected chi connectivity index (χ4v) is 3.89. The fraction of sp³-hybridized carbons (Fsp3) is 0.292. The lowest BCUT2D eigenvalue weighted by atomic mass is 9.78. The summed E-state index contributed by atoms with van der Waals surface area (Å²) in [5.41, 5.74) is 7.52. The van der Waals surface area contributed by atoms with Crippen molar-refractivity contribution in [1.29, 1.82) is 0 Å². The van der Waals surface area contributed by atoms with Gasteiger partial charge in [0.2, 0.25) is 0 Å². The molecule has 0 aliphatic heterocycles. The van der Waals surface area contributed by atoms with Crippen LogP contribution in [0.5, 0.6) is 11.5 Å². The van der Waals surface area contributed by atoms with Crippen LogP contribution >= 0.6 is 11.3 Å². The zero-order valence-corrected chi connectivity index (χ0v) is 19.4. The van der Waals surface area contributed by atoms with Crippen LogP contribution in [-0.4, -0.2) is 35.2 Å². The summed E-state index contributed by atoms with van der Waals surface area (Å²) >= 11 is 1.34. The lowest BCUT2D eigenvalue weighted by molar-refractivity contribution is 0.0996. The highest BCUT2D eigenvalue weighted by Gasteiger charge is 2.23. The van der Waals surface area contributed by atoms with Gasteiger partial charge < -0.3 is 25.6 Å². The first-order chi connectivity index (χ1) is 15.8. The van der Waals surface area contributed by atoms with E-state index in [1.165, 1.54) is 11.3 Å². The molecule has 0 aliphatic carbocycles. The van der Waals surface area contributed by atoms with Crippen LogP contribution in [0.3, 0.4) is 0 Å². The maximum atomic E-state index is 11.1. The molecular weight excluding hydrogens is 442 g/mol. The molecule has 0 bridgehead atoms. The average Bonchev–Trinajstić information content (AvgIpc) is 3.27. The number of carboxylic acid groups (broad SMARTS) is 1. The van der Waals surface area contributed by atoms with Gasteiger partial charge in [-0.1, -0.05) is 38.1 Å². The van der Waals surface area contributed by atoms with Crippen molar-refractivity contribution < 1.29 is 24.2 Å². The fourth-order valence-electron chi connectivity index (χ4n) is 3.20. The number of nitrogens with one attached hydrogen (secondary N) is 1. The number of ether oxygens (including phenoxy) is 2. The van der Waals surface area contributed by atoms with Gasteiger partial charge in [0.05, 0.1) is 6.61 Å². The van der Waals surface area contributed by atoms with Crippen molar-refractivity contribution in [1.82, 2.24) is 10.3 Å². The normalized spacial score (nSPS) is 11.1. The summed E-state index contributed by atoms with van der Waals surface area (Å²) in [5, 5.41) is 13.2. The highest BCUT2D eigenvalue weighted by atomic mass is 32.1. The summed E-state index contributed by atoms with van der Waals surface area (Å²) in [6, 6.07) is 15.8. The van der Waals surface area contributed by atoms with Crippen LogP contribution in [0.15, 0.2) is 53.9 Å². The molecular formula is C24H27N3O5S. The molecule has 0 unspecified atom stereocenters. The van der Waals surface area contributed by atoms with Crippen molar-refractivity contribution in [2.75, 3.05) is 13.2 Å². The number of nitrogens with zero attached hydrogens (tertiary/aromatic N) is 1. The molecule has 0 spiro atoms. The van der Waals surface area contributed by atoms with Gasteiger partial charge in [-0.25, -0.2) is 9.78 Å². The van der Waals surface area contributed by atoms with Crippen molar-refractivity contribution >= 4 is 23.3 Å². The number of hydrogen-bond donors (Lipinski definition) is 3. The summed E-state index contributed by atoms with van der Waals surface area (Å²) in [6.45, 7) is 5.37. The number of nitrogens with two attached hydrogens (primary N) is 1. The quantitative estimate of drug-likeness (QED) is 0.362. The van der Waals surface area contributed by atoms with Gasteiger partial charge in [0.15, 0.2) is 0 Å². The molecule has 0 aliphatic rings. The zero-order valence-electron chi connectivity index (χ0n) is 18.5. The zero-order chi connectivity index (χ0) is 23.8. The Kier molecular flexibility index (Phi) is 7.89. The van der Waals surface area contributed by atoms with Gasteiger partial charge in [0, 0.05) is 17.3 Å². The standard InChI is InChI=1S/C24H27N3O5S/c1-24(2,16-4-8-18(9-5-16)31-13-3-12-26-23(29)30)17-6-10-19(11-7-17)32-14-21-27-20(15-33-21)22(25)28/h4-11,15,26H,3,12-14H2,1-2H3,(H2,25,28)(H,29,30).